The molecule has 3 aromatic heterocycles. The molecule has 0 atom stereocenters. The summed E-state index contributed by atoms with van der Waals surface area (Å²) in [6, 6.07) is 3.33. The molecule has 1 N–H and O–H groups in total. The van der Waals surface area contributed by atoms with Crippen LogP contribution in [-0.4, -0.2) is 29.5 Å². The lowest BCUT2D eigenvalue weighted by Gasteiger charge is -2.00. The van der Waals surface area contributed by atoms with E-state index in [1.807, 2.05) is 13.0 Å². The summed E-state index contributed by atoms with van der Waals surface area (Å²) < 4.78 is 1.33. The number of nitrogens with zero attached hydrogens (tertiary/aromatic N) is 5. The van der Waals surface area contributed by atoms with E-state index in [-0.39, 0.29) is 5.56 Å². The summed E-state index contributed by atoms with van der Waals surface area (Å²) in [4.78, 5) is 28.8. The Hall–Kier alpha value is -2.22. The van der Waals surface area contributed by atoms with E-state index in [9.17, 15) is 4.79 Å². The first-order valence-electron chi connectivity index (χ1n) is 5.99. The summed E-state index contributed by atoms with van der Waals surface area (Å²) in [5.74, 6) is 1.57. The second kappa shape index (κ2) is 5.04. The van der Waals surface area contributed by atoms with Crippen LogP contribution in [-0.2, 0) is 5.75 Å². The number of hydrogen-bond donors (Lipinski definition) is 1. The van der Waals surface area contributed by atoms with Crippen LogP contribution >= 0.6 is 11.8 Å². The molecule has 0 saturated heterocycles. The monoisotopic (exact) mass is 288 g/mol. The van der Waals surface area contributed by atoms with Crippen molar-refractivity contribution in [1.82, 2.24) is 29.5 Å². The van der Waals surface area contributed by atoms with Gasteiger partial charge in [0.05, 0.1) is 5.69 Å². The van der Waals surface area contributed by atoms with Crippen LogP contribution in [0, 0.1) is 13.8 Å². The van der Waals surface area contributed by atoms with Crippen LogP contribution in [0.1, 0.15) is 17.2 Å². The first kappa shape index (κ1) is 12.8. The van der Waals surface area contributed by atoms with E-state index < -0.39 is 0 Å². The molecule has 0 bridgehead atoms. The third-order valence-electron chi connectivity index (χ3n) is 2.62. The van der Waals surface area contributed by atoms with E-state index >= 15 is 0 Å². The predicted molar refractivity (Wildman–Crippen MR) is 74.7 cm³/mol. The van der Waals surface area contributed by atoms with Gasteiger partial charge in [0.2, 0.25) is 0 Å². The van der Waals surface area contributed by atoms with Crippen molar-refractivity contribution in [3.63, 3.8) is 0 Å². The van der Waals surface area contributed by atoms with E-state index in [4.69, 9.17) is 0 Å². The molecule has 0 aliphatic rings. The fraction of sp³-hybridized carbons (Fsp3) is 0.250. The van der Waals surface area contributed by atoms with Crippen LogP contribution < -0.4 is 5.56 Å². The number of aromatic amines is 1. The van der Waals surface area contributed by atoms with E-state index in [1.54, 1.807) is 13.1 Å². The highest BCUT2D eigenvalue weighted by Crippen LogP contribution is 2.17. The smallest absolute Gasteiger partial charge is 0.274 e. The Labute approximate surface area is 118 Å². The molecule has 20 heavy (non-hydrogen) atoms. The molecular formula is C12H12N6OS. The molecule has 0 unspecified atom stereocenters. The topological polar surface area (TPSA) is 88.8 Å². The second-order valence-corrected chi connectivity index (χ2v) is 5.24. The average molecular weight is 288 g/mol. The fourth-order valence-corrected chi connectivity index (χ4v) is 2.51. The Bertz CT molecular complexity index is 824. The second-order valence-electron chi connectivity index (χ2n) is 4.30. The Morgan fingerprint density at radius 1 is 1.30 bits per heavy atom. The van der Waals surface area contributed by atoms with Gasteiger partial charge in [0.25, 0.3) is 11.3 Å². The zero-order valence-electron chi connectivity index (χ0n) is 11.0. The first-order valence-corrected chi connectivity index (χ1v) is 6.98. The largest absolute Gasteiger partial charge is 0.275 e. The van der Waals surface area contributed by atoms with E-state index in [0.29, 0.717) is 28.2 Å². The highest BCUT2D eigenvalue weighted by molar-refractivity contribution is 7.98. The molecular weight excluding hydrogens is 276 g/mol. The summed E-state index contributed by atoms with van der Waals surface area (Å²) in [6.45, 7) is 3.69. The molecule has 3 aromatic rings. The number of hydrogen-bond acceptors (Lipinski definition) is 6. The van der Waals surface area contributed by atoms with Crippen molar-refractivity contribution in [3.05, 3.63) is 45.9 Å². The Kier molecular flexibility index (Phi) is 3.23. The van der Waals surface area contributed by atoms with E-state index in [2.05, 4.69) is 25.0 Å². The van der Waals surface area contributed by atoms with Crippen LogP contribution in [0.2, 0.25) is 0 Å². The number of H-pyrrole nitrogens is 1. The van der Waals surface area contributed by atoms with Gasteiger partial charge in [0.15, 0.2) is 5.16 Å². The number of nitrogens with one attached hydrogen (secondary N) is 1. The van der Waals surface area contributed by atoms with Crippen LogP contribution in [0.15, 0.2) is 28.3 Å². The summed E-state index contributed by atoms with van der Waals surface area (Å²) in [5, 5.41) is 3.51. The van der Waals surface area contributed by atoms with E-state index in [0.717, 1.165) is 5.69 Å². The van der Waals surface area contributed by atoms with Gasteiger partial charge in [-0.05, 0) is 19.9 Å². The maximum Gasteiger partial charge on any atom is 0.274 e. The quantitative estimate of drug-likeness (QED) is 0.574. The molecule has 0 fully saturated rings. The number of fused-ring (bicyclic) bond motifs is 1. The van der Waals surface area contributed by atoms with Gasteiger partial charge in [0.1, 0.15) is 5.82 Å². The lowest BCUT2D eigenvalue weighted by Crippen LogP contribution is -2.15. The Morgan fingerprint density at radius 3 is 2.95 bits per heavy atom. The van der Waals surface area contributed by atoms with Gasteiger partial charge in [-0.1, -0.05) is 11.8 Å². The van der Waals surface area contributed by atoms with E-state index in [1.165, 1.54) is 22.3 Å². The normalized spacial score (nSPS) is 11.1. The fourth-order valence-electron chi connectivity index (χ4n) is 1.74. The van der Waals surface area contributed by atoms with Crippen molar-refractivity contribution in [2.75, 3.05) is 0 Å². The highest BCUT2D eigenvalue weighted by Gasteiger charge is 2.07. The lowest BCUT2D eigenvalue weighted by atomic mass is 10.4. The Balaban J connectivity index is 1.86. The third kappa shape index (κ3) is 2.55. The first-order chi connectivity index (χ1) is 9.61. The van der Waals surface area contributed by atoms with Crippen LogP contribution in [0.5, 0.6) is 0 Å². The van der Waals surface area contributed by atoms with Crippen LogP contribution in [0.3, 0.4) is 0 Å². The van der Waals surface area contributed by atoms with Crippen LogP contribution in [0.25, 0.3) is 5.78 Å². The summed E-state index contributed by atoms with van der Waals surface area (Å²) in [7, 11) is 0. The molecule has 0 saturated carbocycles. The van der Waals surface area contributed by atoms with Crippen LogP contribution in [0.4, 0.5) is 0 Å². The number of aryl methyl sites for hydroxylation is 2. The SMILES string of the molecule is Cc1ccnc(SCc2cc(=O)n3[nH]c(C)nc3n2)n1. The minimum absolute atomic E-state index is 0.170. The van der Waals surface area contributed by atoms with Gasteiger partial charge in [-0.15, -0.1) is 0 Å². The van der Waals surface area contributed by atoms with Crippen molar-refractivity contribution in [2.45, 2.75) is 24.8 Å². The minimum atomic E-state index is -0.170. The van der Waals surface area contributed by atoms with Gasteiger partial charge < -0.3 is 0 Å². The molecule has 0 spiro atoms. The van der Waals surface area contributed by atoms with Crippen molar-refractivity contribution in [2.24, 2.45) is 0 Å². The predicted octanol–water partition coefficient (Wildman–Crippen LogP) is 1.12. The molecule has 8 heteroatoms. The number of aromatic nitrogens is 6. The Morgan fingerprint density at radius 2 is 2.15 bits per heavy atom. The molecule has 0 amide bonds. The van der Waals surface area contributed by atoms with Gasteiger partial charge >= 0.3 is 0 Å². The zero-order chi connectivity index (χ0) is 14.1. The molecule has 3 heterocycles. The standard InChI is InChI=1S/C12H12N6OS/c1-7-3-4-13-12(14-7)20-6-9-5-10(19)18-11(16-9)15-8(2)17-18/h3-5H,6H2,1-2H3,(H,15,16,17). The van der Waals surface area contributed by atoms with Gasteiger partial charge in [-0.25, -0.2) is 15.0 Å². The minimum Gasteiger partial charge on any atom is -0.275 e. The lowest BCUT2D eigenvalue weighted by molar-refractivity contribution is 0.871. The summed E-state index contributed by atoms with van der Waals surface area (Å²) in [6.07, 6.45) is 1.72. The highest BCUT2D eigenvalue weighted by atomic mass is 32.2. The maximum absolute atomic E-state index is 11.9. The van der Waals surface area contributed by atoms with Gasteiger partial charge in [-0.2, -0.15) is 9.50 Å². The molecule has 0 aromatic carbocycles. The van der Waals surface area contributed by atoms with Crippen molar-refractivity contribution >= 4 is 17.5 Å². The molecule has 102 valence electrons. The number of rotatable bonds is 3. The van der Waals surface area contributed by atoms with Crippen molar-refractivity contribution in [1.29, 1.82) is 0 Å². The molecule has 7 nitrogen and oxygen atoms in total. The van der Waals surface area contributed by atoms with Gasteiger partial charge in [0, 0.05) is 23.7 Å². The average Bonchev–Trinajstić information content (AvgIpc) is 2.78. The molecule has 0 radical (unpaired) electrons. The number of thioether (sulfide) groups is 1. The third-order valence-corrected chi connectivity index (χ3v) is 3.51. The molecule has 0 aliphatic heterocycles. The maximum atomic E-state index is 11.9. The molecule has 3 rings (SSSR count). The summed E-state index contributed by atoms with van der Waals surface area (Å²) >= 11 is 1.44. The summed E-state index contributed by atoms with van der Waals surface area (Å²) in [5.41, 5.74) is 1.40. The molecule has 0 aliphatic carbocycles. The van der Waals surface area contributed by atoms with Gasteiger partial charge in [-0.3, -0.25) is 9.89 Å². The zero-order valence-corrected chi connectivity index (χ0v) is 11.8. The van der Waals surface area contributed by atoms with Crippen molar-refractivity contribution in [3.8, 4) is 0 Å². The van der Waals surface area contributed by atoms with Crippen molar-refractivity contribution < 1.29 is 0 Å².